The molecule has 0 radical (unpaired) electrons. The molecule has 7 nitrogen and oxygen atoms in total. The molecule has 0 aliphatic carbocycles. The molecule has 2 aliphatic heterocycles. The van der Waals surface area contributed by atoms with Crippen molar-refractivity contribution in [2.24, 2.45) is 5.16 Å². The topological polar surface area (TPSA) is 107 Å². The minimum atomic E-state index is -0.547. The second-order valence-electron chi connectivity index (χ2n) is 11.9. The van der Waals surface area contributed by atoms with E-state index in [1.807, 2.05) is 54.0 Å². The minimum absolute atomic E-state index is 0.135. The van der Waals surface area contributed by atoms with Crippen LogP contribution in [0.5, 0.6) is 5.75 Å². The predicted molar refractivity (Wildman–Crippen MR) is 157 cm³/mol. The summed E-state index contributed by atoms with van der Waals surface area (Å²) in [6.07, 6.45) is 4.27. The van der Waals surface area contributed by atoms with Gasteiger partial charge in [-0.15, -0.1) is 0 Å². The number of hydrogen-bond acceptors (Lipinski definition) is 6. The average Bonchev–Trinajstić information content (AvgIpc) is 3.46. The standard InChI is InChI=1S/C30H38N4O3S/c1-29(2,3)24-14-19(15-25(28(24)36)30(4,5)6)26-16-22(37-34-26)17-27(35)33-21-11-9-20(10-12-21)32-18-23-8-7-13-38(23)31/h7-15,22,31-32,36H,16-18H2,1-6H3,(H,33,35). The highest BCUT2D eigenvalue weighted by Gasteiger charge is 2.30. The average molecular weight is 535 g/mol. The number of nitrogens with one attached hydrogen (secondary N) is 3. The molecule has 8 heteroatoms. The van der Waals surface area contributed by atoms with Gasteiger partial charge < -0.3 is 20.6 Å². The molecule has 38 heavy (non-hydrogen) atoms. The van der Waals surface area contributed by atoms with Gasteiger partial charge in [0.2, 0.25) is 5.91 Å². The number of oxime groups is 1. The molecule has 4 N–H and O–H groups in total. The van der Waals surface area contributed by atoms with E-state index >= 15 is 0 Å². The molecule has 2 aromatic carbocycles. The molecule has 0 bridgehead atoms. The van der Waals surface area contributed by atoms with Crippen LogP contribution in [0.4, 0.5) is 11.4 Å². The quantitative estimate of drug-likeness (QED) is 0.317. The third kappa shape index (κ3) is 6.54. The lowest BCUT2D eigenvalue weighted by molar-refractivity contribution is -0.118. The van der Waals surface area contributed by atoms with Crippen LogP contribution in [0.25, 0.3) is 0 Å². The molecule has 2 aromatic rings. The Morgan fingerprint density at radius 2 is 1.68 bits per heavy atom. The summed E-state index contributed by atoms with van der Waals surface area (Å²) in [7, 11) is -0.547. The summed E-state index contributed by atoms with van der Waals surface area (Å²) in [6, 6.07) is 11.5. The molecule has 2 heterocycles. The summed E-state index contributed by atoms with van der Waals surface area (Å²) in [6.45, 7) is 13.1. The van der Waals surface area contributed by atoms with Crippen molar-refractivity contribution in [2.45, 2.75) is 71.3 Å². The van der Waals surface area contributed by atoms with Crippen molar-refractivity contribution in [3.63, 3.8) is 0 Å². The summed E-state index contributed by atoms with van der Waals surface area (Å²) in [5.41, 5.74) is 4.63. The molecule has 2 unspecified atom stereocenters. The first kappa shape index (κ1) is 27.6. The number of carbonyl (C=O) groups excluding carboxylic acids is 1. The van der Waals surface area contributed by atoms with E-state index in [2.05, 4.69) is 57.3 Å². The summed E-state index contributed by atoms with van der Waals surface area (Å²) in [5.74, 6) is 0.197. The first-order valence-corrected chi connectivity index (χ1v) is 14.2. The van der Waals surface area contributed by atoms with Crippen LogP contribution >= 0.6 is 0 Å². The van der Waals surface area contributed by atoms with E-state index < -0.39 is 10.7 Å². The molecule has 202 valence electrons. The van der Waals surface area contributed by atoms with Gasteiger partial charge in [0.05, 0.1) is 12.1 Å². The fraction of sp³-hybridized carbons (Fsp3) is 0.400. The second-order valence-corrected chi connectivity index (χ2v) is 13.3. The SMILES string of the molecule is CC(C)(C)c1cc(C2=NOC(CC(=O)Nc3ccc(NCC4=CC=CS4=N)cc3)C2)cc(C(C)(C)C)c1O. The van der Waals surface area contributed by atoms with Crippen LogP contribution in [0.1, 0.15) is 71.1 Å². The Bertz CT molecular complexity index is 1290. The third-order valence-electron chi connectivity index (χ3n) is 6.62. The maximum absolute atomic E-state index is 12.7. The highest BCUT2D eigenvalue weighted by molar-refractivity contribution is 7.93. The molecule has 0 spiro atoms. The minimum Gasteiger partial charge on any atom is -0.507 e. The fourth-order valence-electron chi connectivity index (χ4n) is 4.45. The Kier molecular flexibility index (Phi) is 7.83. The van der Waals surface area contributed by atoms with E-state index in [1.165, 1.54) is 0 Å². The van der Waals surface area contributed by atoms with Gasteiger partial charge in [-0.05, 0) is 58.7 Å². The zero-order chi connectivity index (χ0) is 27.7. The van der Waals surface area contributed by atoms with Crippen LogP contribution in [0.2, 0.25) is 0 Å². The van der Waals surface area contributed by atoms with Crippen molar-refractivity contribution in [1.29, 1.82) is 4.78 Å². The number of benzene rings is 2. The molecule has 2 atom stereocenters. The normalized spacial score (nSPS) is 19.1. The lowest BCUT2D eigenvalue weighted by Gasteiger charge is -2.28. The van der Waals surface area contributed by atoms with Crippen LogP contribution in [0.3, 0.4) is 0 Å². The van der Waals surface area contributed by atoms with Gasteiger partial charge in [-0.1, -0.05) is 63.5 Å². The van der Waals surface area contributed by atoms with E-state index in [0.717, 1.165) is 33.0 Å². The van der Waals surface area contributed by atoms with Crippen molar-refractivity contribution in [2.75, 3.05) is 17.2 Å². The van der Waals surface area contributed by atoms with Crippen molar-refractivity contribution in [1.82, 2.24) is 0 Å². The van der Waals surface area contributed by atoms with Gasteiger partial charge in [0, 0.05) is 45.9 Å². The van der Waals surface area contributed by atoms with E-state index in [0.29, 0.717) is 24.4 Å². The van der Waals surface area contributed by atoms with E-state index in [4.69, 9.17) is 9.62 Å². The van der Waals surface area contributed by atoms with Crippen LogP contribution in [0.15, 0.2) is 64.0 Å². The Morgan fingerprint density at radius 1 is 1.08 bits per heavy atom. The van der Waals surface area contributed by atoms with Gasteiger partial charge in [-0.2, -0.15) is 0 Å². The smallest absolute Gasteiger partial charge is 0.228 e. The number of anilines is 2. The summed E-state index contributed by atoms with van der Waals surface area (Å²) >= 11 is 0. The maximum atomic E-state index is 12.7. The summed E-state index contributed by atoms with van der Waals surface area (Å²) in [4.78, 5) is 19.4. The van der Waals surface area contributed by atoms with Crippen molar-refractivity contribution in [3.8, 4) is 5.75 Å². The Morgan fingerprint density at radius 3 is 2.24 bits per heavy atom. The second kappa shape index (κ2) is 10.8. The zero-order valence-electron chi connectivity index (χ0n) is 23.0. The molecule has 4 rings (SSSR count). The maximum Gasteiger partial charge on any atom is 0.228 e. The number of hydrogen-bond donors (Lipinski definition) is 4. The number of allylic oxidation sites excluding steroid dienone is 2. The molecule has 0 saturated carbocycles. The highest BCUT2D eigenvalue weighted by Crippen LogP contribution is 2.40. The number of phenols is 1. The van der Waals surface area contributed by atoms with Crippen LogP contribution in [-0.4, -0.2) is 29.4 Å². The molecular weight excluding hydrogens is 496 g/mol. The lowest BCUT2D eigenvalue weighted by atomic mass is 9.78. The van der Waals surface area contributed by atoms with Crippen LogP contribution in [0, 0.1) is 4.78 Å². The summed E-state index contributed by atoms with van der Waals surface area (Å²) in [5, 5.41) is 23.5. The number of phenolic OH excluding ortho intramolecular Hbond substituents is 1. The first-order valence-electron chi connectivity index (χ1n) is 12.9. The summed E-state index contributed by atoms with van der Waals surface area (Å²) < 4.78 is 7.95. The number of carbonyl (C=O) groups is 1. The third-order valence-corrected chi connectivity index (χ3v) is 7.89. The molecule has 1 amide bonds. The van der Waals surface area contributed by atoms with E-state index in [-0.39, 0.29) is 29.3 Å². The Hall–Kier alpha value is -3.39. The van der Waals surface area contributed by atoms with Crippen molar-refractivity contribution in [3.05, 3.63) is 75.6 Å². The predicted octanol–water partition coefficient (Wildman–Crippen LogP) is 6.71. The number of rotatable bonds is 7. The Labute approximate surface area is 228 Å². The van der Waals surface area contributed by atoms with Crippen LogP contribution < -0.4 is 10.6 Å². The van der Waals surface area contributed by atoms with Gasteiger partial charge in [0.25, 0.3) is 0 Å². The highest BCUT2D eigenvalue weighted by atomic mass is 32.2. The fourth-order valence-corrected chi connectivity index (χ4v) is 5.32. The van der Waals surface area contributed by atoms with E-state index in [1.54, 1.807) is 0 Å². The molecule has 0 saturated heterocycles. The number of amides is 1. The lowest BCUT2D eigenvalue weighted by Crippen LogP contribution is -2.21. The first-order chi connectivity index (χ1) is 17.8. The van der Waals surface area contributed by atoms with Gasteiger partial charge in [0.1, 0.15) is 11.9 Å². The van der Waals surface area contributed by atoms with Gasteiger partial charge in [-0.25, -0.2) is 0 Å². The number of nitrogens with zero attached hydrogens (tertiary/aromatic N) is 1. The van der Waals surface area contributed by atoms with Crippen LogP contribution in [-0.2, 0) is 31.2 Å². The molecule has 2 aliphatic rings. The van der Waals surface area contributed by atoms with Gasteiger partial charge in [-0.3, -0.25) is 9.57 Å². The van der Waals surface area contributed by atoms with Crippen molar-refractivity contribution < 1.29 is 14.7 Å². The molecule has 0 aromatic heterocycles. The van der Waals surface area contributed by atoms with Crippen molar-refractivity contribution >= 4 is 33.7 Å². The Balaban J connectivity index is 1.35. The number of aromatic hydroxyl groups is 1. The van der Waals surface area contributed by atoms with E-state index in [9.17, 15) is 9.90 Å². The largest absolute Gasteiger partial charge is 0.507 e. The van der Waals surface area contributed by atoms with Gasteiger partial charge >= 0.3 is 0 Å². The zero-order valence-corrected chi connectivity index (χ0v) is 23.8. The molecule has 0 fully saturated rings. The van der Waals surface area contributed by atoms with Gasteiger partial charge in [0.15, 0.2) is 0 Å². The monoisotopic (exact) mass is 534 g/mol. The molecular formula is C30H38N4O3S.